The number of aromatic nitrogens is 1. The molecule has 0 aliphatic carbocycles. The van der Waals surface area contributed by atoms with Crippen LogP contribution in [0.3, 0.4) is 0 Å². The number of fused-ring (bicyclic) bond motifs is 2. The zero-order valence-corrected chi connectivity index (χ0v) is 57.5. The topological polar surface area (TPSA) is 277 Å². The number of thiazole rings is 1. The largest absolute Gasteiger partial charge is 0.484 e. The van der Waals surface area contributed by atoms with E-state index in [0.717, 1.165) is 88.4 Å². The molecule has 0 unspecified atom stereocenters. The number of benzene rings is 4. The van der Waals surface area contributed by atoms with Crippen molar-refractivity contribution in [1.29, 1.82) is 0 Å². The number of rotatable bonds is 24. The molecule has 510 valence electrons. The molecule has 3 aliphatic rings. The van der Waals surface area contributed by atoms with E-state index >= 15 is 4.79 Å². The lowest BCUT2D eigenvalue weighted by Gasteiger charge is -2.43. The van der Waals surface area contributed by atoms with Crippen LogP contribution in [-0.2, 0) is 52.0 Å². The van der Waals surface area contributed by atoms with Gasteiger partial charge in [-0.15, -0.1) is 22.7 Å². The minimum absolute atomic E-state index is 0.0347. The van der Waals surface area contributed by atoms with Crippen molar-refractivity contribution in [2.24, 2.45) is 10.8 Å². The van der Waals surface area contributed by atoms with Crippen molar-refractivity contribution in [3.63, 3.8) is 0 Å². The Labute approximate surface area is 561 Å². The van der Waals surface area contributed by atoms with Gasteiger partial charge in [0, 0.05) is 68.2 Å². The Hall–Kier alpha value is -7.47. The molecule has 4 aromatic carbocycles. The van der Waals surface area contributed by atoms with Crippen molar-refractivity contribution < 1.29 is 66.5 Å². The summed E-state index contributed by atoms with van der Waals surface area (Å²) in [4.78, 5) is 128. The summed E-state index contributed by atoms with van der Waals surface area (Å²) in [6.07, 6.45) is 4.68. The molecule has 0 radical (unpaired) electrons. The zero-order chi connectivity index (χ0) is 68.7. The van der Waals surface area contributed by atoms with Gasteiger partial charge in [-0.05, 0) is 114 Å². The molecule has 0 spiro atoms. The van der Waals surface area contributed by atoms with E-state index in [1.807, 2.05) is 100 Å². The van der Waals surface area contributed by atoms with Gasteiger partial charge in [0.2, 0.25) is 29.5 Å². The lowest BCUT2D eigenvalue weighted by molar-refractivity contribution is -0.150. The van der Waals surface area contributed by atoms with Gasteiger partial charge < -0.3 is 55.6 Å². The summed E-state index contributed by atoms with van der Waals surface area (Å²) in [5.41, 5.74) is 0.239. The van der Waals surface area contributed by atoms with Crippen LogP contribution in [0, 0.1) is 17.8 Å². The van der Waals surface area contributed by atoms with Crippen molar-refractivity contribution >= 4 is 81.7 Å². The van der Waals surface area contributed by atoms with E-state index in [-0.39, 0.29) is 84.8 Å². The number of carbonyl (C=O) groups is 7. The van der Waals surface area contributed by atoms with Gasteiger partial charge in [-0.1, -0.05) is 128 Å². The summed E-state index contributed by atoms with van der Waals surface area (Å²) in [6, 6.07) is 23.2. The number of aliphatic hydroxyl groups excluding tert-OH is 1. The summed E-state index contributed by atoms with van der Waals surface area (Å²) >= 11 is 2.52. The molecule has 6 aromatic rings. The molecule has 95 heavy (non-hydrogen) atoms. The smallest absolute Gasteiger partial charge is 0.399 e. The molecular weight excluding hydrogens is 1280 g/mol. The second kappa shape index (κ2) is 30.3. The first kappa shape index (κ1) is 71.8. The Morgan fingerprint density at radius 2 is 1.45 bits per heavy atom. The van der Waals surface area contributed by atoms with Crippen molar-refractivity contribution in [1.82, 2.24) is 41.0 Å². The third-order valence-corrected chi connectivity index (χ3v) is 21.1. The molecule has 7 N–H and O–H groups in total. The van der Waals surface area contributed by atoms with E-state index in [4.69, 9.17) is 4.74 Å². The number of alkyl halides is 2. The highest BCUT2D eigenvalue weighted by molar-refractivity contribution is 7.52. The lowest BCUT2D eigenvalue weighted by Crippen LogP contribution is -2.61. The monoisotopic (exact) mass is 1360 g/mol. The first-order valence-electron chi connectivity index (χ1n) is 32.4. The summed E-state index contributed by atoms with van der Waals surface area (Å²) in [7, 11) is -5.87. The standard InChI is InChI=1S/C70H87F2N8O12PS2/c1-42(44-22-24-46(25-23-44)60-43(2)74-41-94-60)75-63(84)54-36-52(81)39-80(54)66(87)61(68(3,4)5)76-58(82)21-15-10-9-11-16-30-73-59(83)40-92-53-28-26-47-34-55(65(86)78-31-17-20-48(37-78)45-18-13-12-14-19-45)79(38-50(47)33-53)67(88)62(69(6,7)8)77-64(85)57-35-49-32-51(27-29-56(49)95-57)70(71,72)93(89,90)91/h12-14,18-19,22-29,32-33,35,41-42,48,52,54-55,61-62,81H,9-11,15-17,20-21,30-31,34,36-40H2,1-8H3,(H,73,83)(H,75,84)(H,76,82)(H,77,85)(H2,89,90,91)/t42-,48-,52+,54-,55-,61+,62+/m0/s1. The average Bonchev–Trinajstić information content (AvgIpc) is 1.47. The third-order valence-electron chi connectivity index (χ3n) is 18.1. The van der Waals surface area contributed by atoms with Crippen LogP contribution >= 0.6 is 30.3 Å². The number of piperidine rings is 1. The van der Waals surface area contributed by atoms with Crippen molar-refractivity contribution in [3.8, 4) is 16.2 Å². The second-order valence-corrected chi connectivity index (χ2v) is 31.0. The molecule has 5 heterocycles. The van der Waals surface area contributed by atoms with Crippen LogP contribution in [0.5, 0.6) is 5.75 Å². The summed E-state index contributed by atoms with van der Waals surface area (Å²) in [5.74, 6) is -2.47. The summed E-state index contributed by atoms with van der Waals surface area (Å²) in [6.45, 7) is 15.6. The molecule has 9 rings (SSSR count). The third kappa shape index (κ3) is 17.6. The van der Waals surface area contributed by atoms with Crippen molar-refractivity contribution in [3.05, 3.63) is 141 Å². The van der Waals surface area contributed by atoms with Crippen LogP contribution < -0.4 is 26.0 Å². The first-order valence-corrected chi connectivity index (χ1v) is 35.7. The number of unbranched alkanes of at least 4 members (excludes halogenated alkanes) is 4. The number of aryl methyl sites for hydroxylation is 1. The van der Waals surface area contributed by atoms with Gasteiger partial charge in [-0.2, -0.15) is 8.78 Å². The maximum absolute atomic E-state index is 15.2. The van der Waals surface area contributed by atoms with Crippen LogP contribution in [0.25, 0.3) is 20.5 Å². The number of halogens is 2. The molecule has 7 amide bonds. The number of amides is 7. The molecule has 20 nitrogen and oxygen atoms in total. The highest BCUT2D eigenvalue weighted by Crippen LogP contribution is 2.59. The van der Waals surface area contributed by atoms with Crippen LogP contribution in [-0.4, -0.2) is 139 Å². The number of ether oxygens (including phenoxy) is 1. The fourth-order valence-corrected chi connectivity index (χ4v) is 14.9. The fraction of sp³-hybridized carbons (Fsp3) is 0.486. The number of nitrogens with one attached hydrogen (secondary N) is 4. The average molecular weight is 1370 g/mol. The van der Waals surface area contributed by atoms with Gasteiger partial charge in [-0.25, -0.2) is 4.98 Å². The molecule has 2 fully saturated rings. The van der Waals surface area contributed by atoms with E-state index in [2.05, 4.69) is 26.3 Å². The van der Waals surface area contributed by atoms with Crippen molar-refractivity contribution in [2.75, 3.05) is 32.8 Å². The van der Waals surface area contributed by atoms with Gasteiger partial charge in [0.25, 0.3) is 11.8 Å². The van der Waals surface area contributed by atoms with Crippen LogP contribution in [0.2, 0.25) is 0 Å². The minimum Gasteiger partial charge on any atom is -0.484 e. The number of aliphatic hydroxyl groups is 1. The first-order chi connectivity index (χ1) is 44.9. The number of thiophene rings is 1. The molecule has 2 saturated heterocycles. The molecule has 3 aliphatic heterocycles. The Kier molecular flexibility index (Phi) is 22.9. The predicted octanol–water partition coefficient (Wildman–Crippen LogP) is 10.3. The Bertz CT molecular complexity index is 3810. The molecule has 2 aromatic heterocycles. The minimum atomic E-state index is -5.87. The summed E-state index contributed by atoms with van der Waals surface area (Å²) < 4.78 is 47.5. The normalized spacial score (nSPS) is 18.7. The van der Waals surface area contributed by atoms with Gasteiger partial charge in [0.05, 0.1) is 33.1 Å². The van der Waals surface area contributed by atoms with E-state index in [0.29, 0.717) is 48.5 Å². The molecule has 7 atom stereocenters. The van der Waals surface area contributed by atoms with Crippen molar-refractivity contribution in [2.45, 2.75) is 174 Å². The van der Waals surface area contributed by atoms with Gasteiger partial charge in [-0.3, -0.25) is 38.1 Å². The van der Waals surface area contributed by atoms with E-state index < -0.39 is 77.6 Å². The maximum Gasteiger partial charge on any atom is 0.399 e. The number of β-amino-alcohol motifs (C(OH)–C–C–N with tert-alkyl or cyclic N) is 1. The van der Waals surface area contributed by atoms with Gasteiger partial charge >= 0.3 is 13.3 Å². The Morgan fingerprint density at radius 3 is 2.14 bits per heavy atom. The fourth-order valence-electron chi connectivity index (χ4n) is 12.6. The van der Waals surface area contributed by atoms with E-state index in [9.17, 15) is 57.0 Å². The number of hydrogen-bond donors (Lipinski definition) is 7. The lowest BCUT2D eigenvalue weighted by atomic mass is 9.83. The van der Waals surface area contributed by atoms with Crippen LogP contribution in [0.1, 0.15) is 161 Å². The van der Waals surface area contributed by atoms with Gasteiger partial charge in [0.1, 0.15) is 29.9 Å². The second-order valence-electron chi connectivity index (χ2n) is 27.4. The van der Waals surface area contributed by atoms with Gasteiger partial charge in [0.15, 0.2) is 6.61 Å². The van der Waals surface area contributed by atoms with E-state index in [1.165, 1.54) is 21.9 Å². The van der Waals surface area contributed by atoms with Crippen LogP contribution in [0.15, 0.2) is 103 Å². The van der Waals surface area contributed by atoms with Crippen LogP contribution in [0.4, 0.5) is 8.78 Å². The Balaban J connectivity index is 0.756. The number of likely N-dealkylation sites (tertiary alicyclic amines) is 2. The predicted molar refractivity (Wildman–Crippen MR) is 361 cm³/mol. The summed E-state index contributed by atoms with van der Waals surface area (Å²) in [5, 5.41) is 22.6. The maximum atomic E-state index is 15.2. The molecule has 0 saturated carbocycles. The van der Waals surface area contributed by atoms with E-state index in [1.54, 1.807) is 49.8 Å². The quantitative estimate of drug-likeness (QED) is 0.0220. The highest BCUT2D eigenvalue weighted by Gasteiger charge is 2.51. The molecule has 0 bridgehead atoms. The number of nitrogens with zero attached hydrogens (tertiary/aromatic N) is 4. The zero-order valence-electron chi connectivity index (χ0n) is 55.0. The Morgan fingerprint density at radius 1 is 0.768 bits per heavy atom. The SMILES string of the molecule is Cc1ncsc1-c1ccc([C@H](C)NC(=O)[C@@H]2C[C@@H](O)CN2C(=O)[C@@H](NC(=O)CCCCCCCNC(=O)COc2ccc3c(c2)CN(C(=O)[C@@H](NC(=O)c2cc4cc(C(F)(F)P(=O)(O)O)ccc4s2)C(C)(C)C)[C@H](C(=O)N2CCC[C@H](c4ccccc4)C2)C3)C(C)(C)C)cc1. The highest BCUT2D eigenvalue weighted by atomic mass is 32.1. The number of carbonyl (C=O) groups excluding carboxylic acids is 7. The molecule has 25 heteroatoms. The molecular formula is C70H87F2N8O12PS2. The number of hydrogen-bond acceptors (Lipinski definition) is 13.